The first kappa shape index (κ1) is 10.4. The van der Waals surface area contributed by atoms with Crippen molar-refractivity contribution in [2.24, 2.45) is 0 Å². The molecule has 2 aliphatic heterocycles. The minimum absolute atomic E-state index is 0.228. The molecule has 3 atom stereocenters. The second-order valence-electron chi connectivity index (χ2n) is 5.55. The highest BCUT2D eigenvalue weighted by atomic mass is 16.8. The molecular formula is C10H21N2O2+. The molecule has 4 nitrogen and oxygen atoms in total. The van der Waals surface area contributed by atoms with Crippen LogP contribution < -0.4 is 5.32 Å². The first-order chi connectivity index (χ1) is 6.38. The monoisotopic (exact) mass is 201 g/mol. The third kappa shape index (κ3) is 2.08. The van der Waals surface area contributed by atoms with E-state index in [0.29, 0.717) is 0 Å². The van der Waals surface area contributed by atoms with Crippen molar-refractivity contribution in [1.29, 1.82) is 0 Å². The predicted octanol–water partition coefficient (Wildman–Crippen LogP) is -0.204. The molecule has 0 radical (unpaired) electrons. The summed E-state index contributed by atoms with van der Waals surface area (Å²) in [6, 6.07) is 0. The molecule has 0 unspecified atom stereocenters. The molecule has 2 aliphatic rings. The number of rotatable bonds is 2. The first-order valence-electron chi connectivity index (χ1n) is 5.25. The van der Waals surface area contributed by atoms with Crippen molar-refractivity contribution in [3.63, 3.8) is 0 Å². The highest BCUT2D eigenvalue weighted by Gasteiger charge is 2.48. The van der Waals surface area contributed by atoms with Crippen molar-refractivity contribution in [2.45, 2.75) is 24.9 Å². The molecule has 0 saturated carbocycles. The van der Waals surface area contributed by atoms with Crippen LogP contribution in [0.1, 0.15) is 6.92 Å². The summed E-state index contributed by atoms with van der Waals surface area (Å²) in [6.45, 7) is 4.74. The van der Waals surface area contributed by atoms with Crippen molar-refractivity contribution in [1.82, 2.24) is 5.32 Å². The Morgan fingerprint density at radius 1 is 1.36 bits per heavy atom. The standard InChI is InChI=1S/C10H21N2O2/c1-10-7-11-5-8(13-10)9(14-10)6-12(2,3)4/h8-9,11H,5-7H2,1-4H3/q+1/t8-,9-,10-/m1/s1. The molecule has 0 aliphatic carbocycles. The molecule has 2 fully saturated rings. The smallest absolute Gasteiger partial charge is 0.179 e. The van der Waals surface area contributed by atoms with Crippen LogP contribution in [0.4, 0.5) is 0 Å². The summed E-state index contributed by atoms with van der Waals surface area (Å²) in [5.74, 6) is -0.386. The number of nitrogens with zero attached hydrogens (tertiary/aromatic N) is 1. The van der Waals surface area contributed by atoms with E-state index in [2.05, 4.69) is 26.5 Å². The Labute approximate surface area is 85.8 Å². The molecule has 0 aromatic rings. The molecule has 2 saturated heterocycles. The van der Waals surface area contributed by atoms with Crippen LogP contribution in [0.5, 0.6) is 0 Å². The largest absolute Gasteiger partial charge is 0.341 e. The van der Waals surface area contributed by atoms with Crippen molar-refractivity contribution in [2.75, 3.05) is 40.8 Å². The zero-order valence-corrected chi connectivity index (χ0v) is 9.54. The fraction of sp³-hybridized carbons (Fsp3) is 1.00. The molecule has 2 bridgehead atoms. The lowest BCUT2D eigenvalue weighted by molar-refractivity contribution is -0.873. The van der Waals surface area contributed by atoms with Gasteiger partial charge in [0.1, 0.15) is 18.8 Å². The molecule has 14 heavy (non-hydrogen) atoms. The van der Waals surface area contributed by atoms with Gasteiger partial charge >= 0.3 is 0 Å². The number of morpholine rings is 1. The van der Waals surface area contributed by atoms with E-state index in [9.17, 15) is 0 Å². The number of quaternary nitrogens is 1. The van der Waals surface area contributed by atoms with E-state index in [0.717, 1.165) is 24.1 Å². The molecule has 82 valence electrons. The maximum absolute atomic E-state index is 5.95. The number of likely N-dealkylation sites (N-methyl/N-ethyl adjacent to an activating group) is 1. The SMILES string of the molecule is C[C@@]12CNC[C@@H](O1)[C@@H](C[N+](C)(C)C)O2. The van der Waals surface area contributed by atoms with Crippen LogP contribution in [-0.4, -0.2) is 63.3 Å². The van der Waals surface area contributed by atoms with Gasteiger partial charge in [0.25, 0.3) is 0 Å². The van der Waals surface area contributed by atoms with Gasteiger partial charge in [-0.1, -0.05) is 0 Å². The second kappa shape index (κ2) is 3.17. The van der Waals surface area contributed by atoms with E-state index in [1.165, 1.54) is 0 Å². The lowest BCUT2D eigenvalue weighted by Crippen LogP contribution is -2.48. The van der Waals surface area contributed by atoms with Crippen LogP contribution in [0.25, 0.3) is 0 Å². The average Bonchev–Trinajstić information content (AvgIpc) is 2.18. The van der Waals surface area contributed by atoms with Crippen LogP contribution in [0.3, 0.4) is 0 Å². The molecule has 0 aromatic heterocycles. The van der Waals surface area contributed by atoms with Crippen LogP contribution in [0.2, 0.25) is 0 Å². The summed E-state index contributed by atoms with van der Waals surface area (Å²) in [4.78, 5) is 0. The Morgan fingerprint density at radius 3 is 2.64 bits per heavy atom. The topological polar surface area (TPSA) is 30.5 Å². The van der Waals surface area contributed by atoms with E-state index < -0.39 is 0 Å². The van der Waals surface area contributed by atoms with Crippen molar-refractivity contribution in [3.05, 3.63) is 0 Å². The Hall–Kier alpha value is -0.160. The van der Waals surface area contributed by atoms with Gasteiger partial charge in [0.05, 0.1) is 21.1 Å². The second-order valence-corrected chi connectivity index (χ2v) is 5.55. The highest BCUT2D eigenvalue weighted by Crippen LogP contribution is 2.31. The Bertz CT molecular complexity index is 225. The minimum Gasteiger partial charge on any atom is -0.341 e. The van der Waals surface area contributed by atoms with Crippen LogP contribution in [-0.2, 0) is 9.47 Å². The summed E-state index contributed by atoms with van der Waals surface area (Å²) in [7, 11) is 6.55. The zero-order chi connectivity index (χ0) is 10.4. The van der Waals surface area contributed by atoms with E-state index in [1.807, 2.05) is 6.92 Å². The highest BCUT2D eigenvalue weighted by molar-refractivity contribution is 4.90. The Morgan fingerprint density at radius 2 is 2.07 bits per heavy atom. The summed E-state index contributed by atoms with van der Waals surface area (Å²) in [6.07, 6.45) is 0.459. The van der Waals surface area contributed by atoms with Gasteiger partial charge in [-0.15, -0.1) is 0 Å². The van der Waals surface area contributed by atoms with Crippen molar-refractivity contribution in [3.8, 4) is 0 Å². The summed E-state index contributed by atoms with van der Waals surface area (Å²) in [5, 5.41) is 3.35. The Kier molecular flexibility index (Phi) is 2.34. The number of hydrogen-bond acceptors (Lipinski definition) is 3. The average molecular weight is 201 g/mol. The summed E-state index contributed by atoms with van der Waals surface area (Å²) in [5.41, 5.74) is 0. The van der Waals surface area contributed by atoms with Crippen molar-refractivity contribution >= 4 is 0 Å². The van der Waals surface area contributed by atoms with E-state index >= 15 is 0 Å². The lowest BCUT2D eigenvalue weighted by atomic mass is 10.2. The quantitative estimate of drug-likeness (QED) is 0.627. The van der Waals surface area contributed by atoms with Gasteiger partial charge in [0, 0.05) is 13.1 Å². The van der Waals surface area contributed by atoms with Gasteiger partial charge in [-0.25, -0.2) is 0 Å². The molecule has 0 amide bonds. The normalized spacial score (nSPS) is 42.9. The third-order valence-corrected chi connectivity index (χ3v) is 2.74. The number of hydrogen-bond donors (Lipinski definition) is 1. The number of nitrogens with one attached hydrogen (secondary N) is 1. The van der Waals surface area contributed by atoms with Gasteiger partial charge in [0.15, 0.2) is 5.79 Å². The first-order valence-corrected chi connectivity index (χ1v) is 5.25. The van der Waals surface area contributed by atoms with Gasteiger partial charge in [-0.05, 0) is 6.92 Å². The fourth-order valence-electron chi connectivity index (χ4n) is 2.21. The predicted molar refractivity (Wildman–Crippen MR) is 53.9 cm³/mol. The number of ether oxygens (including phenoxy) is 2. The zero-order valence-electron chi connectivity index (χ0n) is 9.54. The molecular weight excluding hydrogens is 180 g/mol. The molecule has 1 N–H and O–H groups in total. The van der Waals surface area contributed by atoms with E-state index in [-0.39, 0.29) is 18.0 Å². The lowest BCUT2D eigenvalue weighted by Gasteiger charge is -2.28. The summed E-state index contributed by atoms with van der Waals surface area (Å²) >= 11 is 0. The molecule has 4 heteroatoms. The minimum atomic E-state index is -0.386. The molecule has 2 rings (SSSR count). The number of fused-ring (bicyclic) bond motifs is 2. The van der Waals surface area contributed by atoms with E-state index in [4.69, 9.17) is 9.47 Å². The maximum atomic E-state index is 5.95. The third-order valence-electron chi connectivity index (χ3n) is 2.74. The van der Waals surface area contributed by atoms with Crippen LogP contribution in [0, 0.1) is 0 Å². The van der Waals surface area contributed by atoms with Gasteiger partial charge < -0.3 is 19.3 Å². The van der Waals surface area contributed by atoms with Crippen molar-refractivity contribution < 1.29 is 14.0 Å². The van der Waals surface area contributed by atoms with Crippen LogP contribution >= 0.6 is 0 Å². The molecule has 0 aromatic carbocycles. The maximum Gasteiger partial charge on any atom is 0.179 e. The summed E-state index contributed by atoms with van der Waals surface area (Å²) < 4.78 is 12.7. The fourth-order valence-corrected chi connectivity index (χ4v) is 2.21. The van der Waals surface area contributed by atoms with Gasteiger partial charge in [-0.3, -0.25) is 0 Å². The van der Waals surface area contributed by atoms with Gasteiger partial charge in [0.2, 0.25) is 0 Å². The van der Waals surface area contributed by atoms with Gasteiger partial charge in [-0.2, -0.15) is 0 Å². The molecule has 2 heterocycles. The Balaban J connectivity index is 2.02. The van der Waals surface area contributed by atoms with Crippen LogP contribution in [0.15, 0.2) is 0 Å². The molecule has 0 spiro atoms. The van der Waals surface area contributed by atoms with E-state index in [1.54, 1.807) is 0 Å².